The van der Waals surface area contributed by atoms with Gasteiger partial charge in [-0.2, -0.15) is 0 Å². The van der Waals surface area contributed by atoms with Crippen molar-refractivity contribution in [2.24, 2.45) is 0 Å². The number of carboxylic acid groups (broad SMARTS) is 2. The van der Waals surface area contributed by atoms with Crippen LogP contribution in [0.1, 0.15) is 13.3 Å². The Bertz CT molecular complexity index is 369. The van der Waals surface area contributed by atoms with Crippen molar-refractivity contribution in [1.29, 1.82) is 0 Å². The van der Waals surface area contributed by atoms with Crippen LogP contribution in [0.25, 0.3) is 0 Å². The van der Waals surface area contributed by atoms with Gasteiger partial charge in [-0.25, -0.2) is 9.59 Å². The van der Waals surface area contributed by atoms with Crippen LogP contribution in [0.15, 0.2) is 0 Å². The maximum absolute atomic E-state index is 11.7. The first-order valence-electron chi connectivity index (χ1n) is 5.38. The third-order valence-electron chi connectivity index (χ3n) is 2.19. The third kappa shape index (κ3) is 6.24. The second-order valence-corrected chi connectivity index (χ2v) is 3.53. The molecule has 0 aliphatic rings. The van der Waals surface area contributed by atoms with Crippen LogP contribution < -0.4 is 5.32 Å². The lowest BCUT2D eigenvalue weighted by molar-refractivity contribution is -0.145. The summed E-state index contributed by atoms with van der Waals surface area (Å²) in [5.74, 6) is -3.49. The lowest BCUT2D eigenvalue weighted by Gasteiger charge is -2.22. The van der Waals surface area contributed by atoms with E-state index in [-0.39, 0.29) is 13.1 Å². The van der Waals surface area contributed by atoms with Crippen molar-refractivity contribution in [3.05, 3.63) is 0 Å². The maximum Gasteiger partial charge on any atom is 0.326 e. The standard InChI is InChI=1S/C10H16N2O7/c1-3-12(5-8(15)19-2)10(18)11-6(9(16)17)4-7(13)14/h6H,3-5H2,1-2H3,(H,11,18)(H,13,14)(H,16,17). The largest absolute Gasteiger partial charge is 0.481 e. The zero-order valence-electron chi connectivity index (χ0n) is 10.6. The van der Waals surface area contributed by atoms with E-state index in [1.165, 1.54) is 0 Å². The molecule has 0 heterocycles. The monoisotopic (exact) mass is 276 g/mol. The Morgan fingerprint density at radius 2 is 1.84 bits per heavy atom. The first-order valence-corrected chi connectivity index (χ1v) is 5.38. The normalized spacial score (nSPS) is 11.3. The molecule has 0 saturated heterocycles. The predicted octanol–water partition coefficient (Wildman–Crippen LogP) is -0.881. The van der Waals surface area contributed by atoms with E-state index in [1.54, 1.807) is 6.92 Å². The van der Waals surface area contributed by atoms with Crippen LogP contribution in [-0.4, -0.2) is 65.3 Å². The van der Waals surface area contributed by atoms with E-state index in [9.17, 15) is 19.2 Å². The summed E-state index contributed by atoms with van der Waals surface area (Å²) in [6.45, 7) is 1.37. The summed E-state index contributed by atoms with van der Waals surface area (Å²) < 4.78 is 4.38. The number of urea groups is 1. The third-order valence-corrected chi connectivity index (χ3v) is 2.19. The zero-order valence-corrected chi connectivity index (χ0v) is 10.6. The van der Waals surface area contributed by atoms with Gasteiger partial charge in [0.2, 0.25) is 0 Å². The van der Waals surface area contributed by atoms with Crippen LogP contribution in [0.5, 0.6) is 0 Å². The number of amides is 2. The number of methoxy groups -OCH3 is 1. The van der Waals surface area contributed by atoms with Crippen LogP contribution in [0.2, 0.25) is 0 Å². The minimum Gasteiger partial charge on any atom is -0.481 e. The van der Waals surface area contributed by atoms with Gasteiger partial charge in [-0.3, -0.25) is 9.59 Å². The van der Waals surface area contributed by atoms with E-state index in [2.05, 4.69) is 4.74 Å². The molecule has 0 saturated carbocycles. The average Bonchev–Trinajstić information content (AvgIpc) is 2.33. The van der Waals surface area contributed by atoms with Crippen molar-refractivity contribution in [2.45, 2.75) is 19.4 Å². The molecule has 1 atom stereocenters. The Kier molecular flexibility index (Phi) is 6.94. The topological polar surface area (TPSA) is 133 Å². The molecule has 0 aromatic carbocycles. The molecule has 0 aromatic heterocycles. The smallest absolute Gasteiger partial charge is 0.326 e. The second kappa shape index (κ2) is 7.90. The van der Waals surface area contributed by atoms with Crippen LogP contribution >= 0.6 is 0 Å². The minimum absolute atomic E-state index is 0.139. The summed E-state index contributed by atoms with van der Waals surface area (Å²) in [5, 5.41) is 19.3. The van der Waals surface area contributed by atoms with Gasteiger partial charge in [0.1, 0.15) is 12.6 Å². The van der Waals surface area contributed by atoms with Crippen LogP contribution in [0.3, 0.4) is 0 Å². The molecule has 0 bridgehead atoms. The molecule has 9 heteroatoms. The number of nitrogens with one attached hydrogen (secondary N) is 1. The van der Waals surface area contributed by atoms with E-state index in [1.807, 2.05) is 5.32 Å². The Morgan fingerprint density at radius 1 is 1.26 bits per heavy atom. The Labute approximate surface area is 109 Å². The maximum atomic E-state index is 11.7. The van der Waals surface area contributed by atoms with E-state index < -0.39 is 36.4 Å². The number of hydrogen-bond acceptors (Lipinski definition) is 5. The highest BCUT2D eigenvalue weighted by atomic mass is 16.5. The van der Waals surface area contributed by atoms with Gasteiger partial charge in [0, 0.05) is 6.54 Å². The number of nitrogens with zero attached hydrogens (tertiary/aromatic N) is 1. The highest BCUT2D eigenvalue weighted by Gasteiger charge is 2.25. The quantitative estimate of drug-likeness (QED) is 0.514. The van der Waals surface area contributed by atoms with Crippen molar-refractivity contribution >= 4 is 23.9 Å². The molecular weight excluding hydrogens is 260 g/mol. The van der Waals surface area contributed by atoms with Gasteiger partial charge >= 0.3 is 23.9 Å². The summed E-state index contributed by atoms with van der Waals surface area (Å²) >= 11 is 0. The molecule has 0 rings (SSSR count). The number of rotatable bonds is 7. The number of carbonyl (C=O) groups is 4. The first-order chi connectivity index (χ1) is 8.81. The first kappa shape index (κ1) is 16.7. The van der Waals surface area contributed by atoms with Gasteiger partial charge in [0.25, 0.3) is 0 Å². The molecule has 1 unspecified atom stereocenters. The lowest BCUT2D eigenvalue weighted by Crippen LogP contribution is -2.50. The number of likely N-dealkylation sites (N-methyl/N-ethyl adjacent to an activating group) is 1. The van der Waals surface area contributed by atoms with Crippen molar-refractivity contribution in [3.63, 3.8) is 0 Å². The molecule has 108 valence electrons. The van der Waals surface area contributed by atoms with E-state index in [0.29, 0.717) is 0 Å². The van der Waals surface area contributed by atoms with Gasteiger partial charge in [-0.15, -0.1) is 0 Å². The molecule has 3 N–H and O–H groups in total. The summed E-state index contributed by atoms with van der Waals surface area (Å²) in [6, 6.07) is -2.40. The number of esters is 1. The highest BCUT2D eigenvalue weighted by Crippen LogP contribution is 1.97. The Hall–Kier alpha value is -2.32. The van der Waals surface area contributed by atoms with Gasteiger partial charge < -0.3 is 25.2 Å². The highest BCUT2D eigenvalue weighted by molar-refractivity contribution is 5.87. The molecule has 0 spiro atoms. The number of hydrogen-bond donors (Lipinski definition) is 3. The summed E-state index contributed by atoms with van der Waals surface area (Å²) in [7, 11) is 1.15. The lowest BCUT2D eigenvalue weighted by atomic mass is 10.2. The van der Waals surface area contributed by atoms with Gasteiger partial charge in [0.15, 0.2) is 0 Å². The molecule has 9 nitrogen and oxygen atoms in total. The van der Waals surface area contributed by atoms with Crippen LogP contribution in [0.4, 0.5) is 4.79 Å². The van der Waals surface area contributed by atoms with Crippen molar-refractivity contribution in [3.8, 4) is 0 Å². The fraction of sp³-hybridized carbons (Fsp3) is 0.600. The summed E-state index contributed by atoms with van der Waals surface area (Å²) in [6.07, 6.45) is -0.753. The fourth-order valence-electron chi connectivity index (χ4n) is 1.16. The average molecular weight is 276 g/mol. The molecule has 19 heavy (non-hydrogen) atoms. The summed E-state index contributed by atoms with van der Waals surface area (Å²) in [5.41, 5.74) is 0. The summed E-state index contributed by atoms with van der Waals surface area (Å²) in [4.78, 5) is 44.9. The van der Waals surface area contributed by atoms with Crippen molar-refractivity contribution < 1.29 is 34.1 Å². The van der Waals surface area contributed by atoms with E-state index >= 15 is 0 Å². The number of ether oxygens (including phenoxy) is 1. The van der Waals surface area contributed by atoms with Crippen LogP contribution in [-0.2, 0) is 19.1 Å². The van der Waals surface area contributed by atoms with E-state index in [0.717, 1.165) is 12.0 Å². The minimum atomic E-state index is -1.56. The molecule has 0 aromatic rings. The van der Waals surface area contributed by atoms with Gasteiger partial charge in [-0.05, 0) is 6.92 Å². The Morgan fingerprint density at radius 3 is 2.21 bits per heavy atom. The Balaban J connectivity index is 4.63. The number of carbonyl (C=O) groups excluding carboxylic acids is 2. The fourth-order valence-corrected chi connectivity index (χ4v) is 1.16. The molecule has 0 radical (unpaired) electrons. The SMILES string of the molecule is CCN(CC(=O)OC)C(=O)NC(CC(=O)O)C(=O)O. The molecular formula is C10H16N2O7. The molecule has 0 aliphatic heterocycles. The van der Waals surface area contributed by atoms with Gasteiger partial charge in [-0.1, -0.05) is 0 Å². The number of aliphatic carboxylic acids is 2. The van der Waals surface area contributed by atoms with Gasteiger partial charge in [0.05, 0.1) is 13.5 Å². The van der Waals surface area contributed by atoms with E-state index in [4.69, 9.17) is 10.2 Å². The molecule has 0 fully saturated rings. The van der Waals surface area contributed by atoms with Crippen LogP contribution in [0, 0.1) is 0 Å². The molecule has 2 amide bonds. The zero-order chi connectivity index (χ0) is 15.0. The number of carboxylic acids is 2. The van der Waals surface area contributed by atoms with Crippen molar-refractivity contribution in [1.82, 2.24) is 10.2 Å². The van der Waals surface area contributed by atoms with Crippen molar-refractivity contribution in [2.75, 3.05) is 20.2 Å². The predicted molar refractivity (Wildman–Crippen MR) is 61.5 cm³/mol. The molecule has 0 aliphatic carbocycles. The second-order valence-electron chi connectivity index (χ2n) is 3.53.